The maximum Gasteiger partial charge on any atom is 0.322 e. The van der Waals surface area contributed by atoms with E-state index in [1.807, 2.05) is 0 Å². The molecule has 0 N–H and O–H groups in total. The molecule has 0 radical (unpaired) electrons. The van der Waals surface area contributed by atoms with Gasteiger partial charge in [0.25, 0.3) is 0 Å². The van der Waals surface area contributed by atoms with Crippen molar-refractivity contribution in [1.82, 2.24) is 9.78 Å². The molecule has 1 aromatic heterocycles. The first-order chi connectivity index (χ1) is 7.67. The van der Waals surface area contributed by atoms with Crippen LogP contribution in [0.2, 0.25) is 0 Å². The molecule has 90 valence electrons. The van der Waals surface area contributed by atoms with Gasteiger partial charge in [-0.15, -0.1) is 0 Å². The van der Waals surface area contributed by atoms with Crippen LogP contribution in [0.5, 0.6) is 5.75 Å². The molecule has 1 heterocycles. The Balaban J connectivity index is 2.39. The molecule has 0 bridgehead atoms. The minimum Gasteiger partial charge on any atom is -0.489 e. The number of ether oxygens (including phenoxy) is 2. The smallest absolute Gasteiger partial charge is 0.322 e. The summed E-state index contributed by atoms with van der Waals surface area (Å²) in [7, 11) is 1.34. The van der Waals surface area contributed by atoms with E-state index in [9.17, 15) is 4.79 Å². The number of carbonyl (C=O) groups excluding carboxylic acids is 1. The molecule has 0 aliphatic rings. The number of rotatable bonds is 6. The Kier molecular flexibility index (Phi) is 5.31. The molecule has 0 aromatic carbocycles. The van der Waals surface area contributed by atoms with E-state index < -0.39 is 4.83 Å². The first kappa shape index (κ1) is 13.0. The van der Waals surface area contributed by atoms with Crippen molar-refractivity contribution in [2.75, 3.05) is 13.7 Å². The number of halogens is 1. The average Bonchev–Trinajstić information content (AvgIpc) is 2.73. The molecule has 0 fully saturated rings. The van der Waals surface area contributed by atoms with Gasteiger partial charge in [-0.1, -0.05) is 22.9 Å². The summed E-state index contributed by atoms with van der Waals surface area (Å²) >= 11 is 3.17. The van der Waals surface area contributed by atoms with Crippen LogP contribution in [0, 0.1) is 0 Å². The van der Waals surface area contributed by atoms with E-state index in [4.69, 9.17) is 4.74 Å². The lowest BCUT2D eigenvalue weighted by Crippen LogP contribution is -2.22. The Morgan fingerprint density at radius 1 is 1.69 bits per heavy atom. The van der Waals surface area contributed by atoms with Crippen LogP contribution in [0.3, 0.4) is 0 Å². The Bertz CT molecular complexity index is 341. The summed E-state index contributed by atoms with van der Waals surface area (Å²) in [5.41, 5.74) is 0. The van der Waals surface area contributed by atoms with E-state index in [0.717, 1.165) is 13.0 Å². The zero-order valence-corrected chi connectivity index (χ0v) is 10.9. The molecule has 0 saturated carbocycles. The number of hydrogen-bond donors (Lipinski definition) is 0. The number of alkyl halides is 1. The van der Waals surface area contributed by atoms with E-state index >= 15 is 0 Å². The first-order valence-electron chi connectivity index (χ1n) is 5.04. The molecule has 0 aliphatic carbocycles. The van der Waals surface area contributed by atoms with E-state index in [-0.39, 0.29) is 12.6 Å². The lowest BCUT2D eigenvalue weighted by atomic mass is 10.4. The second kappa shape index (κ2) is 6.52. The summed E-state index contributed by atoms with van der Waals surface area (Å²) in [6, 6.07) is 0. The van der Waals surface area contributed by atoms with Gasteiger partial charge in [0.15, 0.2) is 5.75 Å². The van der Waals surface area contributed by atoms with Gasteiger partial charge >= 0.3 is 5.97 Å². The van der Waals surface area contributed by atoms with Crippen LogP contribution in [0.25, 0.3) is 0 Å². The Labute approximate surface area is 103 Å². The maximum absolute atomic E-state index is 11.1. The van der Waals surface area contributed by atoms with Crippen molar-refractivity contribution in [2.45, 2.75) is 24.7 Å². The highest BCUT2D eigenvalue weighted by molar-refractivity contribution is 9.10. The third kappa shape index (κ3) is 3.84. The van der Waals surface area contributed by atoms with Gasteiger partial charge in [-0.3, -0.25) is 9.48 Å². The number of esters is 1. The molecule has 0 saturated heterocycles. The van der Waals surface area contributed by atoms with Gasteiger partial charge < -0.3 is 9.47 Å². The average molecular weight is 291 g/mol. The van der Waals surface area contributed by atoms with Gasteiger partial charge in [0.1, 0.15) is 11.4 Å². The molecule has 1 atom stereocenters. The minimum absolute atomic E-state index is 0.227. The number of hydrogen-bond acceptors (Lipinski definition) is 4. The van der Waals surface area contributed by atoms with Gasteiger partial charge in [-0.05, 0) is 6.42 Å². The second-order valence-corrected chi connectivity index (χ2v) is 4.35. The Hall–Kier alpha value is -1.04. The molecule has 16 heavy (non-hydrogen) atoms. The summed E-state index contributed by atoms with van der Waals surface area (Å²) in [4.78, 5) is 10.6. The monoisotopic (exact) mass is 290 g/mol. The van der Waals surface area contributed by atoms with Crippen molar-refractivity contribution in [3.63, 3.8) is 0 Å². The predicted molar refractivity (Wildman–Crippen MR) is 62.7 cm³/mol. The van der Waals surface area contributed by atoms with E-state index in [2.05, 4.69) is 32.7 Å². The SMILES string of the molecule is CCCn1cc(OCC(Br)C(=O)OC)cn1. The van der Waals surface area contributed by atoms with Crippen molar-refractivity contribution in [1.29, 1.82) is 0 Å². The molecular formula is C10H15BrN2O3. The van der Waals surface area contributed by atoms with Crippen LogP contribution >= 0.6 is 15.9 Å². The van der Waals surface area contributed by atoms with Crippen molar-refractivity contribution < 1.29 is 14.3 Å². The summed E-state index contributed by atoms with van der Waals surface area (Å²) < 4.78 is 11.7. The zero-order valence-electron chi connectivity index (χ0n) is 9.35. The Morgan fingerprint density at radius 2 is 2.44 bits per heavy atom. The highest BCUT2D eigenvalue weighted by atomic mass is 79.9. The van der Waals surface area contributed by atoms with Crippen molar-refractivity contribution in [3.05, 3.63) is 12.4 Å². The summed E-state index contributed by atoms with van der Waals surface area (Å²) in [6.07, 6.45) is 4.46. The van der Waals surface area contributed by atoms with Crippen LogP contribution < -0.4 is 4.74 Å². The van der Waals surface area contributed by atoms with Gasteiger partial charge in [-0.25, -0.2) is 0 Å². The zero-order chi connectivity index (χ0) is 12.0. The lowest BCUT2D eigenvalue weighted by Gasteiger charge is -2.07. The predicted octanol–water partition coefficient (Wildman–Crippen LogP) is 1.61. The van der Waals surface area contributed by atoms with E-state index in [1.54, 1.807) is 17.1 Å². The normalized spacial score (nSPS) is 12.2. The van der Waals surface area contributed by atoms with Crippen LogP contribution in [0.4, 0.5) is 0 Å². The van der Waals surface area contributed by atoms with Gasteiger partial charge in [0, 0.05) is 6.54 Å². The van der Waals surface area contributed by atoms with Gasteiger partial charge in [0.05, 0.1) is 19.5 Å². The van der Waals surface area contributed by atoms with Crippen molar-refractivity contribution >= 4 is 21.9 Å². The molecule has 1 unspecified atom stereocenters. The second-order valence-electron chi connectivity index (χ2n) is 3.24. The number of aromatic nitrogens is 2. The number of carbonyl (C=O) groups is 1. The third-order valence-electron chi connectivity index (χ3n) is 1.92. The highest BCUT2D eigenvalue weighted by Gasteiger charge is 2.16. The molecule has 0 aliphatic heterocycles. The molecule has 6 heteroatoms. The summed E-state index contributed by atoms with van der Waals surface area (Å²) in [6.45, 7) is 3.16. The fraction of sp³-hybridized carbons (Fsp3) is 0.600. The number of nitrogens with zero attached hydrogens (tertiary/aromatic N) is 2. The number of aryl methyl sites for hydroxylation is 1. The molecule has 0 spiro atoms. The molecule has 1 rings (SSSR count). The lowest BCUT2D eigenvalue weighted by molar-refractivity contribution is -0.140. The van der Waals surface area contributed by atoms with Crippen molar-refractivity contribution in [2.24, 2.45) is 0 Å². The third-order valence-corrected chi connectivity index (χ3v) is 2.55. The quantitative estimate of drug-likeness (QED) is 0.590. The van der Waals surface area contributed by atoms with Crippen molar-refractivity contribution in [3.8, 4) is 5.75 Å². The fourth-order valence-corrected chi connectivity index (χ4v) is 1.45. The minimum atomic E-state index is -0.452. The van der Waals surface area contributed by atoms with Crippen LogP contribution in [0.1, 0.15) is 13.3 Å². The topological polar surface area (TPSA) is 53.4 Å². The standard InChI is InChI=1S/C10H15BrN2O3/c1-3-4-13-6-8(5-12-13)16-7-9(11)10(14)15-2/h5-6,9H,3-4,7H2,1-2H3. The van der Waals surface area contributed by atoms with E-state index in [1.165, 1.54) is 7.11 Å². The Morgan fingerprint density at radius 3 is 3.06 bits per heavy atom. The van der Waals surface area contributed by atoms with Gasteiger partial charge in [-0.2, -0.15) is 5.10 Å². The molecular weight excluding hydrogens is 276 g/mol. The molecule has 0 amide bonds. The highest BCUT2D eigenvalue weighted by Crippen LogP contribution is 2.11. The summed E-state index contributed by atoms with van der Waals surface area (Å²) in [5.74, 6) is 0.308. The largest absolute Gasteiger partial charge is 0.489 e. The fourth-order valence-electron chi connectivity index (χ4n) is 1.14. The van der Waals surface area contributed by atoms with Crippen LogP contribution in [-0.2, 0) is 16.1 Å². The van der Waals surface area contributed by atoms with Gasteiger partial charge in [0.2, 0.25) is 0 Å². The first-order valence-corrected chi connectivity index (χ1v) is 5.96. The molecule has 1 aromatic rings. The van der Waals surface area contributed by atoms with Crippen LogP contribution in [-0.4, -0.2) is 34.3 Å². The summed E-state index contributed by atoms with van der Waals surface area (Å²) in [5, 5.41) is 4.11. The van der Waals surface area contributed by atoms with E-state index in [0.29, 0.717) is 5.75 Å². The molecule has 5 nitrogen and oxygen atoms in total. The van der Waals surface area contributed by atoms with Crippen LogP contribution in [0.15, 0.2) is 12.4 Å². The number of methoxy groups -OCH3 is 1. The maximum atomic E-state index is 11.1.